The Labute approximate surface area is 376 Å². The zero-order valence-electron chi connectivity index (χ0n) is 36.1. The summed E-state index contributed by atoms with van der Waals surface area (Å²) < 4.78 is 9.49. The van der Waals surface area contributed by atoms with Crippen molar-refractivity contribution in [3.63, 3.8) is 0 Å². The Bertz CT molecular complexity index is 3850. The van der Waals surface area contributed by atoms with E-state index in [4.69, 9.17) is 10.7 Å². The third-order valence-corrected chi connectivity index (χ3v) is 13.1. The molecule has 1 aliphatic carbocycles. The van der Waals surface area contributed by atoms with Crippen LogP contribution in [0.1, 0.15) is 18.9 Å². The summed E-state index contributed by atoms with van der Waals surface area (Å²) in [5.41, 5.74) is 17.6. The molecule has 5 aromatic heterocycles. The number of para-hydroxylation sites is 4. The van der Waals surface area contributed by atoms with Crippen molar-refractivity contribution in [1.82, 2.24) is 23.3 Å². The molecule has 11 aromatic rings. The first-order valence-corrected chi connectivity index (χ1v) is 22.5. The molecule has 1 atom stereocenters. The number of fused-ring (bicyclic) bond motifs is 11. The molecular formula is C59H46N6. The second-order valence-electron chi connectivity index (χ2n) is 16.9. The monoisotopic (exact) mass is 838 g/mol. The Hall–Kier alpha value is -8.35. The van der Waals surface area contributed by atoms with Crippen LogP contribution in [0, 0.1) is 5.92 Å². The van der Waals surface area contributed by atoms with Crippen molar-refractivity contribution in [2.75, 3.05) is 0 Å². The first kappa shape index (κ1) is 38.3. The van der Waals surface area contributed by atoms with Crippen molar-refractivity contribution in [1.29, 1.82) is 0 Å². The molecule has 65 heavy (non-hydrogen) atoms. The number of hydrogen-bond acceptors (Lipinski definition) is 2. The zero-order chi connectivity index (χ0) is 43.4. The highest BCUT2D eigenvalue weighted by Crippen LogP contribution is 2.42. The third kappa shape index (κ3) is 6.28. The van der Waals surface area contributed by atoms with E-state index in [1.807, 2.05) is 13.0 Å². The van der Waals surface area contributed by atoms with E-state index in [9.17, 15) is 0 Å². The standard InChI is InChI=1S/C59H46N6/c1-2-3-6-22-41-39-62(36-18-17-28-50(60)40-20-7-4-8-21-40)54-38-49-45-27-13-15-30-52(45)64(55(49)37-48(41)54)56-32-19-33-57(61-56)65-53-31-16-12-26-44(53)47-35-34-46-43-25-11-14-29-51(43)63(58(46)59(47)65)42-23-9-5-10-24-42/h2-20,22-35,37-40H,21,36,60H2,1H3/b3-2-,18-17-,22-6-,50-28-. The van der Waals surface area contributed by atoms with Crippen molar-refractivity contribution in [2.45, 2.75) is 19.9 Å². The highest BCUT2D eigenvalue weighted by molar-refractivity contribution is 6.24. The minimum Gasteiger partial charge on any atom is -0.402 e. The van der Waals surface area contributed by atoms with E-state index in [0.29, 0.717) is 6.54 Å². The summed E-state index contributed by atoms with van der Waals surface area (Å²) in [6.07, 6.45) is 26.5. The number of benzene rings is 6. The molecule has 1 aliphatic rings. The average Bonchev–Trinajstić information content (AvgIpc) is 4.09. The fourth-order valence-electron chi connectivity index (χ4n) is 10.1. The van der Waals surface area contributed by atoms with Crippen molar-refractivity contribution in [3.05, 3.63) is 224 Å². The molecule has 12 rings (SSSR count). The molecule has 6 nitrogen and oxygen atoms in total. The van der Waals surface area contributed by atoms with Crippen LogP contribution in [-0.4, -0.2) is 23.3 Å². The maximum atomic E-state index is 6.50. The van der Waals surface area contributed by atoms with Crippen molar-refractivity contribution >= 4 is 82.4 Å². The molecule has 0 saturated heterocycles. The van der Waals surface area contributed by atoms with Gasteiger partial charge in [0.1, 0.15) is 11.6 Å². The Morgan fingerprint density at radius 1 is 0.585 bits per heavy atom. The van der Waals surface area contributed by atoms with Gasteiger partial charge in [-0.15, -0.1) is 0 Å². The van der Waals surface area contributed by atoms with E-state index >= 15 is 0 Å². The second kappa shape index (κ2) is 15.8. The van der Waals surface area contributed by atoms with Gasteiger partial charge in [0.2, 0.25) is 0 Å². The van der Waals surface area contributed by atoms with Gasteiger partial charge in [-0.1, -0.05) is 152 Å². The number of pyridine rings is 1. The maximum absolute atomic E-state index is 6.50. The predicted molar refractivity (Wildman–Crippen MR) is 274 cm³/mol. The smallest absolute Gasteiger partial charge is 0.140 e. The highest BCUT2D eigenvalue weighted by Gasteiger charge is 2.23. The minimum atomic E-state index is 0.242. The molecule has 0 amide bonds. The van der Waals surface area contributed by atoms with Gasteiger partial charge in [-0.2, -0.15) is 0 Å². The summed E-state index contributed by atoms with van der Waals surface area (Å²) in [7, 11) is 0. The van der Waals surface area contributed by atoms with Crippen LogP contribution in [0.4, 0.5) is 0 Å². The minimum absolute atomic E-state index is 0.242. The van der Waals surface area contributed by atoms with Gasteiger partial charge in [-0.05, 0) is 74.0 Å². The Kier molecular flexibility index (Phi) is 9.30. The summed E-state index contributed by atoms with van der Waals surface area (Å²) in [5, 5.41) is 8.36. The Morgan fingerprint density at radius 3 is 1.92 bits per heavy atom. The summed E-state index contributed by atoms with van der Waals surface area (Å²) in [6, 6.07) is 52.7. The Morgan fingerprint density at radius 2 is 1.22 bits per heavy atom. The summed E-state index contributed by atoms with van der Waals surface area (Å²) in [4.78, 5) is 5.64. The third-order valence-electron chi connectivity index (χ3n) is 13.1. The highest BCUT2D eigenvalue weighted by atomic mass is 15.1. The number of rotatable bonds is 9. The van der Waals surface area contributed by atoms with Crippen LogP contribution in [-0.2, 0) is 6.54 Å². The van der Waals surface area contributed by atoms with Gasteiger partial charge in [0, 0.05) is 78.8 Å². The second-order valence-corrected chi connectivity index (χ2v) is 16.9. The van der Waals surface area contributed by atoms with Crippen LogP contribution in [0.3, 0.4) is 0 Å². The first-order chi connectivity index (χ1) is 32.2. The molecule has 2 N–H and O–H groups in total. The lowest BCUT2D eigenvalue weighted by Crippen LogP contribution is -2.09. The van der Waals surface area contributed by atoms with Gasteiger partial charge in [-0.25, -0.2) is 4.98 Å². The maximum Gasteiger partial charge on any atom is 0.140 e. The summed E-state index contributed by atoms with van der Waals surface area (Å²) >= 11 is 0. The first-order valence-electron chi connectivity index (χ1n) is 22.5. The van der Waals surface area contributed by atoms with Crippen LogP contribution < -0.4 is 5.73 Å². The van der Waals surface area contributed by atoms with E-state index in [1.165, 1.54) is 48.7 Å². The molecule has 0 radical (unpaired) electrons. The van der Waals surface area contributed by atoms with Crippen molar-refractivity contribution in [2.24, 2.45) is 11.7 Å². The summed E-state index contributed by atoms with van der Waals surface area (Å²) in [6.45, 7) is 2.76. The SMILES string of the molecule is C/C=C\C=C/c1cn(C/C=C\C=C(/N)C2C=CC=CC2)c2cc3c4ccccc4n(-c4cccc(-n5c6ccccc6c6ccc7c8ccccc8n(-c8ccccc8)c7c65)n4)c3cc12. The van der Waals surface area contributed by atoms with Crippen LogP contribution in [0.5, 0.6) is 0 Å². The number of nitrogens with zero attached hydrogens (tertiary/aromatic N) is 5. The van der Waals surface area contributed by atoms with Gasteiger partial charge in [0.05, 0.1) is 33.1 Å². The lowest BCUT2D eigenvalue weighted by atomic mass is 9.97. The molecule has 312 valence electrons. The van der Waals surface area contributed by atoms with E-state index in [-0.39, 0.29) is 5.92 Å². The lowest BCUT2D eigenvalue weighted by molar-refractivity contribution is 0.755. The van der Waals surface area contributed by atoms with E-state index in [0.717, 1.165) is 62.6 Å². The molecule has 0 bridgehead atoms. The fraction of sp³-hybridized carbons (Fsp3) is 0.0678. The number of hydrogen-bond donors (Lipinski definition) is 1. The molecule has 5 heterocycles. The predicted octanol–water partition coefficient (Wildman–Crippen LogP) is 14.4. The van der Waals surface area contributed by atoms with E-state index in [2.05, 4.69) is 231 Å². The zero-order valence-corrected chi connectivity index (χ0v) is 36.1. The van der Waals surface area contributed by atoms with Crippen molar-refractivity contribution < 1.29 is 0 Å². The largest absolute Gasteiger partial charge is 0.402 e. The molecule has 0 spiro atoms. The van der Waals surface area contributed by atoms with E-state index in [1.54, 1.807) is 0 Å². The quantitative estimate of drug-likeness (QED) is 0.147. The number of aromatic nitrogens is 5. The summed E-state index contributed by atoms with van der Waals surface area (Å²) in [5.74, 6) is 1.96. The molecular weight excluding hydrogens is 793 g/mol. The van der Waals surface area contributed by atoms with Crippen LogP contribution in [0.2, 0.25) is 0 Å². The van der Waals surface area contributed by atoms with Crippen molar-refractivity contribution in [3.8, 4) is 17.3 Å². The van der Waals surface area contributed by atoms with E-state index < -0.39 is 0 Å². The van der Waals surface area contributed by atoms with Gasteiger partial charge < -0.3 is 14.9 Å². The normalized spacial score (nSPS) is 14.8. The molecule has 6 aromatic carbocycles. The van der Waals surface area contributed by atoms with Gasteiger partial charge >= 0.3 is 0 Å². The topological polar surface area (TPSA) is 58.6 Å². The Balaban J connectivity index is 1.06. The number of allylic oxidation sites excluding steroid dienone is 10. The van der Waals surface area contributed by atoms with Crippen LogP contribution in [0.15, 0.2) is 218 Å². The molecule has 0 aliphatic heterocycles. The van der Waals surface area contributed by atoms with Crippen LogP contribution >= 0.6 is 0 Å². The van der Waals surface area contributed by atoms with Gasteiger partial charge in [0.15, 0.2) is 0 Å². The average molecular weight is 839 g/mol. The molecule has 6 heteroatoms. The molecule has 0 saturated carbocycles. The fourth-order valence-corrected chi connectivity index (χ4v) is 10.1. The molecule has 1 unspecified atom stereocenters. The number of nitrogens with two attached hydrogens (primary N) is 1. The van der Waals surface area contributed by atoms with Crippen LogP contribution in [0.25, 0.3) is 99.7 Å². The van der Waals surface area contributed by atoms with Gasteiger partial charge in [0.25, 0.3) is 0 Å². The lowest BCUT2D eigenvalue weighted by Gasteiger charge is -2.14. The molecule has 0 fully saturated rings. The van der Waals surface area contributed by atoms with Gasteiger partial charge in [-0.3, -0.25) is 9.13 Å².